The number of carbonyl (C=O) groups excluding carboxylic acids is 1. The summed E-state index contributed by atoms with van der Waals surface area (Å²) >= 11 is 5.20. The summed E-state index contributed by atoms with van der Waals surface area (Å²) in [5.41, 5.74) is 1.62. The molecule has 24 heavy (non-hydrogen) atoms. The van der Waals surface area contributed by atoms with Gasteiger partial charge in [0, 0.05) is 42.8 Å². The highest BCUT2D eigenvalue weighted by atomic mass is 32.1. The van der Waals surface area contributed by atoms with Gasteiger partial charge in [-0.05, 0) is 62.8 Å². The molecule has 3 rings (SSSR count). The summed E-state index contributed by atoms with van der Waals surface area (Å²) in [5.74, 6) is -0.0242. The second-order valence-electron chi connectivity index (χ2n) is 6.32. The van der Waals surface area contributed by atoms with Gasteiger partial charge in [0.25, 0.3) is 5.91 Å². The normalized spacial score (nSPS) is 18.5. The van der Waals surface area contributed by atoms with Gasteiger partial charge in [-0.1, -0.05) is 6.42 Å². The van der Waals surface area contributed by atoms with Gasteiger partial charge in [0.15, 0.2) is 4.77 Å². The highest BCUT2D eigenvalue weighted by Crippen LogP contribution is 2.15. The molecule has 2 aromatic rings. The molecule has 2 N–H and O–H groups in total. The molecule has 1 saturated heterocycles. The number of likely N-dealkylation sites (tertiary alicyclic amines) is 1. The maximum atomic E-state index is 12.3. The van der Waals surface area contributed by atoms with E-state index in [0.29, 0.717) is 22.9 Å². The number of amides is 1. The molecule has 0 spiro atoms. The first-order valence-electron chi connectivity index (χ1n) is 8.54. The first kappa shape index (κ1) is 16.9. The van der Waals surface area contributed by atoms with Crippen LogP contribution in [0.4, 0.5) is 0 Å². The van der Waals surface area contributed by atoms with Gasteiger partial charge in [-0.2, -0.15) is 0 Å². The van der Waals surface area contributed by atoms with E-state index in [1.165, 1.54) is 19.3 Å². The summed E-state index contributed by atoms with van der Waals surface area (Å²) in [5, 5.41) is 3.02. The van der Waals surface area contributed by atoms with Crippen molar-refractivity contribution in [1.82, 2.24) is 19.8 Å². The quantitative estimate of drug-likeness (QED) is 0.820. The summed E-state index contributed by atoms with van der Waals surface area (Å²) in [7, 11) is 0. The number of carbonyl (C=O) groups is 1. The predicted octanol–water partition coefficient (Wildman–Crippen LogP) is 3.14. The van der Waals surface area contributed by atoms with Crippen molar-refractivity contribution in [3.8, 4) is 5.69 Å². The highest BCUT2D eigenvalue weighted by molar-refractivity contribution is 7.71. The van der Waals surface area contributed by atoms with Crippen LogP contribution >= 0.6 is 12.2 Å². The molecular formula is C18H24N4OS. The summed E-state index contributed by atoms with van der Waals surface area (Å²) in [6, 6.07) is 8.11. The van der Waals surface area contributed by atoms with Crippen LogP contribution in [0.15, 0.2) is 36.7 Å². The molecular weight excluding hydrogens is 320 g/mol. The maximum Gasteiger partial charge on any atom is 0.251 e. The van der Waals surface area contributed by atoms with Crippen LogP contribution in [0, 0.1) is 4.77 Å². The average Bonchev–Trinajstić information content (AvgIpc) is 3.03. The zero-order chi connectivity index (χ0) is 16.9. The number of benzene rings is 1. The fraction of sp³-hybridized carbons (Fsp3) is 0.444. The van der Waals surface area contributed by atoms with Crippen molar-refractivity contribution >= 4 is 18.1 Å². The van der Waals surface area contributed by atoms with E-state index in [1.807, 2.05) is 35.0 Å². The molecule has 1 unspecified atom stereocenters. The van der Waals surface area contributed by atoms with Gasteiger partial charge in [0.05, 0.1) is 0 Å². The van der Waals surface area contributed by atoms with Crippen LogP contribution in [-0.4, -0.2) is 46.0 Å². The second-order valence-corrected chi connectivity index (χ2v) is 6.71. The molecule has 1 aromatic heterocycles. The molecule has 1 aliphatic heterocycles. The molecule has 6 heteroatoms. The van der Waals surface area contributed by atoms with Crippen molar-refractivity contribution in [2.45, 2.75) is 32.2 Å². The third-order valence-corrected chi connectivity index (χ3v) is 5.00. The van der Waals surface area contributed by atoms with Crippen molar-refractivity contribution < 1.29 is 4.79 Å². The monoisotopic (exact) mass is 344 g/mol. The number of nitrogens with one attached hydrogen (secondary N) is 2. The lowest BCUT2D eigenvalue weighted by Gasteiger charge is -2.33. The molecule has 0 saturated carbocycles. The maximum absolute atomic E-state index is 12.3. The van der Waals surface area contributed by atoms with Crippen LogP contribution in [-0.2, 0) is 0 Å². The van der Waals surface area contributed by atoms with Crippen molar-refractivity contribution in [3.05, 3.63) is 47.0 Å². The molecule has 1 fully saturated rings. The minimum absolute atomic E-state index is 0.0242. The minimum Gasteiger partial charge on any atom is -0.351 e. The lowest BCUT2D eigenvalue weighted by Crippen LogP contribution is -2.42. The van der Waals surface area contributed by atoms with Gasteiger partial charge in [-0.3, -0.25) is 14.3 Å². The van der Waals surface area contributed by atoms with Crippen LogP contribution in [0.5, 0.6) is 0 Å². The standard InChI is InChI=1S/C18H24N4OS/c1-14-4-2-3-11-21(14)12-9-19-17(23)15-5-7-16(8-6-15)22-13-10-20-18(22)24/h5-8,10,13-14H,2-4,9,11-12H2,1H3,(H,19,23)(H,20,24). The van der Waals surface area contributed by atoms with Gasteiger partial charge in [-0.15, -0.1) is 0 Å². The Hall–Kier alpha value is -1.92. The largest absolute Gasteiger partial charge is 0.351 e. The predicted molar refractivity (Wildman–Crippen MR) is 98.2 cm³/mol. The number of rotatable bonds is 5. The van der Waals surface area contributed by atoms with Crippen LogP contribution in [0.3, 0.4) is 0 Å². The molecule has 0 radical (unpaired) electrons. The van der Waals surface area contributed by atoms with Gasteiger partial charge in [0.1, 0.15) is 0 Å². The van der Waals surface area contributed by atoms with E-state index in [1.54, 1.807) is 6.20 Å². The average molecular weight is 344 g/mol. The van der Waals surface area contributed by atoms with Crippen LogP contribution in [0.25, 0.3) is 5.69 Å². The highest BCUT2D eigenvalue weighted by Gasteiger charge is 2.17. The lowest BCUT2D eigenvalue weighted by atomic mass is 10.0. The Labute approximate surface area is 147 Å². The van der Waals surface area contributed by atoms with E-state index in [4.69, 9.17) is 12.2 Å². The van der Waals surface area contributed by atoms with Crippen LogP contribution in [0.1, 0.15) is 36.5 Å². The van der Waals surface area contributed by atoms with Crippen molar-refractivity contribution in [2.75, 3.05) is 19.6 Å². The Bertz CT molecular complexity index is 734. The SMILES string of the molecule is CC1CCCCN1CCNC(=O)c1ccc(-n2cc[nH]c2=S)cc1. The molecule has 2 heterocycles. The number of hydrogen-bond acceptors (Lipinski definition) is 3. The fourth-order valence-corrected chi connectivity index (χ4v) is 3.44. The lowest BCUT2D eigenvalue weighted by molar-refractivity contribution is 0.0938. The van der Waals surface area contributed by atoms with E-state index >= 15 is 0 Å². The molecule has 1 amide bonds. The second kappa shape index (κ2) is 7.77. The third kappa shape index (κ3) is 3.94. The van der Waals surface area contributed by atoms with Gasteiger partial charge >= 0.3 is 0 Å². The van der Waals surface area contributed by atoms with Gasteiger partial charge < -0.3 is 10.3 Å². The molecule has 1 atom stereocenters. The van der Waals surface area contributed by atoms with E-state index in [-0.39, 0.29) is 5.91 Å². The van der Waals surface area contributed by atoms with Crippen molar-refractivity contribution in [1.29, 1.82) is 0 Å². The number of piperidine rings is 1. The molecule has 5 nitrogen and oxygen atoms in total. The Balaban J connectivity index is 1.53. The number of imidazole rings is 1. The number of aromatic nitrogens is 2. The van der Waals surface area contributed by atoms with E-state index in [0.717, 1.165) is 18.8 Å². The summed E-state index contributed by atoms with van der Waals surface area (Å²) in [4.78, 5) is 17.7. The molecule has 128 valence electrons. The van der Waals surface area contributed by atoms with E-state index in [2.05, 4.69) is 22.1 Å². The van der Waals surface area contributed by atoms with Crippen LogP contribution in [0.2, 0.25) is 0 Å². The smallest absolute Gasteiger partial charge is 0.251 e. The van der Waals surface area contributed by atoms with Crippen molar-refractivity contribution in [3.63, 3.8) is 0 Å². The first-order valence-corrected chi connectivity index (χ1v) is 8.95. The Morgan fingerprint density at radius 2 is 2.12 bits per heavy atom. The van der Waals surface area contributed by atoms with E-state index < -0.39 is 0 Å². The Morgan fingerprint density at radius 1 is 1.33 bits per heavy atom. The molecule has 1 aromatic carbocycles. The Kier molecular flexibility index (Phi) is 5.48. The first-order chi connectivity index (χ1) is 11.6. The number of aromatic amines is 1. The zero-order valence-corrected chi connectivity index (χ0v) is 14.8. The van der Waals surface area contributed by atoms with Crippen LogP contribution < -0.4 is 5.32 Å². The number of nitrogens with zero attached hydrogens (tertiary/aromatic N) is 2. The summed E-state index contributed by atoms with van der Waals surface area (Å²) in [6.07, 6.45) is 7.52. The number of hydrogen-bond donors (Lipinski definition) is 2. The molecule has 0 aliphatic carbocycles. The number of H-pyrrole nitrogens is 1. The molecule has 1 aliphatic rings. The zero-order valence-electron chi connectivity index (χ0n) is 14.0. The summed E-state index contributed by atoms with van der Waals surface area (Å²) < 4.78 is 2.51. The summed E-state index contributed by atoms with van der Waals surface area (Å²) in [6.45, 7) is 5.02. The van der Waals surface area contributed by atoms with Gasteiger partial charge in [0.2, 0.25) is 0 Å². The third-order valence-electron chi connectivity index (χ3n) is 4.68. The topological polar surface area (TPSA) is 53.1 Å². The molecule has 0 bridgehead atoms. The van der Waals surface area contributed by atoms with Crippen molar-refractivity contribution in [2.24, 2.45) is 0 Å². The van der Waals surface area contributed by atoms with E-state index in [9.17, 15) is 4.79 Å². The minimum atomic E-state index is -0.0242. The fourth-order valence-electron chi connectivity index (χ4n) is 3.20. The Morgan fingerprint density at radius 3 is 2.79 bits per heavy atom. The van der Waals surface area contributed by atoms with Gasteiger partial charge in [-0.25, -0.2) is 0 Å².